The third kappa shape index (κ3) is 4.74. The molecule has 1 aliphatic carbocycles. The zero-order valence-corrected chi connectivity index (χ0v) is 20.8. The Hall–Kier alpha value is -3.06. The van der Waals surface area contributed by atoms with Gasteiger partial charge in [-0.05, 0) is 48.3 Å². The van der Waals surface area contributed by atoms with Crippen molar-refractivity contribution >= 4 is 29.2 Å². The van der Waals surface area contributed by atoms with Crippen LogP contribution in [0.2, 0.25) is 0 Å². The normalized spacial score (nSPS) is 23.1. The molecule has 2 aliphatic heterocycles. The number of benzene rings is 2. The van der Waals surface area contributed by atoms with Crippen molar-refractivity contribution in [1.82, 2.24) is 0 Å². The molecular formula is C28H29NO5S. The van der Waals surface area contributed by atoms with Gasteiger partial charge in [-0.3, -0.25) is 14.6 Å². The molecule has 0 fully saturated rings. The van der Waals surface area contributed by atoms with E-state index in [-0.39, 0.29) is 24.5 Å². The highest BCUT2D eigenvalue weighted by Gasteiger charge is 2.45. The molecular weight excluding hydrogens is 462 g/mol. The Balaban J connectivity index is 1.52. The van der Waals surface area contributed by atoms with Gasteiger partial charge in [-0.25, -0.2) is 0 Å². The molecule has 0 amide bonds. The molecule has 3 atom stereocenters. The second kappa shape index (κ2) is 10.3. The van der Waals surface area contributed by atoms with Gasteiger partial charge < -0.3 is 14.2 Å². The minimum absolute atomic E-state index is 0.0401. The second-order valence-electron chi connectivity index (χ2n) is 8.99. The zero-order chi connectivity index (χ0) is 24.4. The van der Waals surface area contributed by atoms with E-state index in [9.17, 15) is 9.59 Å². The van der Waals surface area contributed by atoms with Gasteiger partial charge in [0.15, 0.2) is 17.3 Å². The van der Waals surface area contributed by atoms with Gasteiger partial charge in [0.1, 0.15) is 12.5 Å². The molecule has 35 heavy (non-hydrogen) atoms. The van der Waals surface area contributed by atoms with Crippen molar-refractivity contribution in [2.75, 3.05) is 24.9 Å². The quantitative estimate of drug-likeness (QED) is 0.387. The number of ketones is 1. The molecule has 0 spiro atoms. The molecule has 2 aromatic carbocycles. The molecule has 6 nitrogen and oxygen atoms in total. The molecule has 3 aliphatic rings. The van der Waals surface area contributed by atoms with Crippen molar-refractivity contribution in [1.29, 1.82) is 0 Å². The average Bonchev–Trinajstić information content (AvgIpc) is 3.34. The molecule has 2 aromatic rings. The summed E-state index contributed by atoms with van der Waals surface area (Å²) in [7, 11) is 0. The van der Waals surface area contributed by atoms with Gasteiger partial charge in [-0.15, -0.1) is 0 Å². The number of carbonyl (C=O) groups excluding carboxylic acids is 2. The van der Waals surface area contributed by atoms with Gasteiger partial charge in [0.25, 0.3) is 0 Å². The summed E-state index contributed by atoms with van der Waals surface area (Å²) in [5.41, 5.74) is 4.07. The smallest absolute Gasteiger partial charge is 0.315 e. The van der Waals surface area contributed by atoms with Gasteiger partial charge in [0.2, 0.25) is 6.79 Å². The molecule has 1 unspecified atom stereocenters. The minimum atomic E-state index is -0.655. The lowest BCUT2D eigenvalue weighted by molar-refractivity contribution is -0.145. The van der Waals surface area contributed by atoms with E-state index in [1.54, 1.807) is 11.8 Å². The number of rotatable bonds is 7. The first-order chi connectivity index (χ1) is 17.1. The predicted molar refractivity (Wildman–Crippen MR) is 136 cm³/mol. The van der Waals surface area contributed by atoms with E-state index in [2.05, 4.69) is 19.1 Å². The van der Waals surface area contributed by atoms with E-state index in [1.807, 2.05) is 43.3 Å². The second-order valence-corrected chi connectivity index (χ2v) is 10.4. The van der Waals surface area contributed by atoms with Gasteiger partial charge in [-0.1, -0.05) is 43.3 Å². The third-order valence-corrected chi connectivity index (χ3v) is 7.71. The fourth-order valence-electron chi connectivity index (χ4n) is 5.23. The van der Waals surface area contributed by atoms with Crippen LogP contribution in [0.25, 0.3) is 0 Å². The Labute approximate surface area is 209 Å². The first-order valence-electron chi connectivity index (χ1n) is 12.1. The fourth-order valence-corrected chi connectivity index (χ4v) is 5.72. The van der Waals surface area contributed by atoms with Crippen LogP contribution in [-0.4, -0.2) is 42.4 Å². The van der Waals surface area contributed by atoms with Crippen molar-refractivity contribution in [3.8, 4) is 11.5 Å². The number of hydrogen-bond donors (Lipinski definition) is 0. The zero-order valence-electron chi connectivity index (χ0n) is 20.0. The van der Waals surface area contributed by atoms with Crippen molar-refractivity contribution in [2.24, 2.45) is 10.9 Å². The highest BCUT2D eigenvalue weighted by Crippen LogP contribution is 2.48. The van der Waals surface area contributed by atoms with Crippen molar-refractivity contribution in [3.05, 3.63) is 70.9 Å². The number of allylic oxidation sites excluding steroid dienone is 2. The van der Waals surface area contributed by atoms with Crippen LogP contribution in [0.1, 0.15) is 49.7 Å². The van der Waals surface area contributed by atoms with E-state index < -0.39 is 11.8 Å². The van der Waals surface area contributed by atoms with Gasteiger partial charge in [0, 0.05) is 35.1 Å². The van der Waals surface area contributed by atoms with Crippen molar-refractivity contribution < 1.29 is 23.8 Å². The molecule has 182 valence electrons. The fraction of sp³-hybridized carbons (Fsp3) is 0.393. The number of esters is 1. The van der Waals surface area contributed by atoms with Crippen LogP contribution in [0.3, 0.4) is 0 Å². The summed E-state index contributed by atoms with van der Waals surface area (Å²) in [4.78, 5) is 31.9. The predicted octanol–water partition coefficient (Wildman–Crippen LogP) is 5.29. The molecule has 5 rings (SSSR count). The van der Waals surface area contributed by atoms with Crippen LogP contribution in [-0.2, 0) is 14.3 Å². The average molecular weight is 492 g/mol. The highest BCUT2D eigenvalue weighted by atomic mass is 32.2. The summed E-state index contributed by atoms with van der Waals surface area (Å²) >= 11 is 1.72. The Kier molecular flexibility index (Phi) is 6.95. The number of fused-ring (bicyclic) bond motifs is 1. The largest absolute Gasteiger partial charge is 0.464 e. The number of thioether (sulfide) groups is 1. The standard InChI is InChI=1S/C28H29NO5S/c1-3-35-12-11-32-28(31)25-17(2)29-21-13-20(18-7-5-4-6-8-18)14-22(30)27(21)26(25)19-9-10-23-24(15-19)34-16-33-23/h4-10,15,20,25-26H,3,11-14,16H2,1-2H3/t20-,25?,26+/m0/s1. The lowest BCUT2D eigenvalue weighted by Gasteiger charge is -2.36. The van der Waals surface area contributed by atoms with E-state index in [0.29, 0.717) is 42.2 Å². The molecule has 0 aromatic heterocycles. The Morgan fingerprint density at radius 1 is 1.09 bits per heavy atom. The van der Waals surface area contributed by atoms with E-state index in [0.717, 1.165) is 28.3 Å². The molecule has 0 radical (unpaired) electrons. The van der Waals surface area contributed by atoms with Crippen LogP contribution in [0, 0.1) is 5.92 Å². The van der Waals surface area contributed by atoms with Crippen molar-refractivity contribution in [3.63, 3.8) is 0 Å². The van der Waals surface area contributed by atoms with Gasteiger partial charge in [0.05, 0.1) is 0 Å². The number of ether oxygens (including phenoxy) is 3. The van der Waals surface area contributed by atoms with E-state index in [1.165, 1.54) is 0 Å². The summed E-state index contributed by atoms with van der Waals surface area (Å²) in [6.07, 6.45) is 1.06. The number of Topliss-reactive ketones (excluding diaryl/α,β-unsaturated/α-hetero) is 1. The number of carbonyl (C=O) groups is 2. The number of aliphatic imine (C=N–C) groups is 1. The highest BCUT2D eigenvalue weighted by molar-refractivity contribution is 7.99. The maximum Gasteiger partial charge on any atom is 0.315 e. The van der Waals surface area contributed by atoms with Crippen LogP contribution in [0.4, 0.5) is 0 Å². The Bertz CT molecular complexity index is 1190. The van der Waals surface area contributed by atoms with Crippen LogP contribution in [0.15, 0.2) is 64.8 Å². The monoisotopic (exact) mass is 491 g/mol. The molecule has 0 N–H and O–H groups in total. The maximum absolute atomic E-state index is 13.7. The summed E-state index contributed by atoms with van der Waals surface area (Å²) in [5.74, 6) is 1.66. The maximum atomic E-state index is 13.7. The molecule has 0 bridgehead atoms. The van der Waals surface area contributed by atoms with Crippen molar-refractivity contribution in [2.45, 2.75) is 38.5 Å². The summed E-state index contributed by atoms with van der Waals surface area (Å²) < 4.78 is 16.8. The van der Waals surface area contributed by atoms with Crippen LogP contribution >= 0.6 is 11.8 Å². The van der Waals surface area contributed by atoms with E-state index in [4.69, 9.17) is 19.2 Å². The summed E-state index contributed by atoms with van der Waals surface area (Å²) in [6.45, 7) is 4.44. The summed E-state index contributed by atoms with van der Waals surface area (Å²) in [5, 5.41) is 0. The molecule has 0 saturated carbocycles. The minimum Gasteiger partial charge on any atom is -0.464 e. The lowest BCUT2D eigenvalue weighted by atomic mass is 9.69. The Morgan fingerprint density at radius 2 is 1.89 bits per heavy atom. The SMILES string of the molecule is CCSCCOC(=O)C1C(C)=NC2=C(C(=O)C[C@@H](c3ccccc3)C2)[C@@H]1c1ccc2c(c1)OCO2. The topological polar surface area (TPSA) is 74.2 Å². The molecule has 0 saturated heterocycles. The first kappa shape index (κ1) is 23.7. The number of nitrogens with zero attached hydrogens (tertiary/aromatic N) is 1. The Morgan fingerprint density at radius 3 is 2.69 bits per heavy atom. The number of hydrogen-bond acceptors (Lipinski definition) is 7. The summed E-state index contributed by atoms with van der Waals surface area (Å²) in [6, 6.07) is 15.8. The first-order valence-corrected chi connectivity index (χ1v) is 13.2. The lowest BCUT2D eigenvalue weighted by Crippen LogP contribution is -2.38. The molecule has 7 heteroatoms. The molecule has 2 heterocycles. The third-order valence-electron chi connectivity index (χ3n) is 6.85. The van der Waals surface area contributed by atoms with Gasteiger partial charge in [-0.2, -0.15) is 11.8 Å². The van der Waals surface area contributed by atoms with Crippen LogP contribution < -0.4 is 9.47 Å². The van der Waals surface area contributed by atoms with Crippen LogP contribution in [0.5, 0.6) is 11.5 Å². The van der Waals surface area contributed by atoms with Gasteiger partial charge >= 0.3 is 5.97 Å². The van der Waals surface area contributed by atoms with E-state index >= 15 is 0 Å².